The number of anilines is 1. The monoisotopic (exact) mass is 463 g/mol. The molecule has 8 heteroatoms. The number of carbonyl (C=O) groups excluding carboxylic acids is 1. The Morgan fingerprint density at radius 2 is 1.78 bits per heavy atom. The zero-order chi connectivity index (χ0) is 22.7. The van der Waals surface area contributed by atoms with Gasteiger partial charge >= 0.3 is 0 Å². The average molecular weight is 464 g/mol. The second-order valence-corrected chi connectivity index (χ2v) is 8.79. The number of carbonyl (C=O) groups is 1. The van der Waals surface area contributed by atoms with E-state index in [0.717, 1.165) is 27.9 Å². The molecule has 0 radical (unpaired) electrons. The van der Waals surface area contributed by atoms with Gasteiger partial charge in [-0.05, 0) is 61.7 Å². The summed E-state index contributed by atoms with van der Waals surface area (Å²) in [4.78, 5) is 16.8. The predicted molar refractivity (Wildman–Crippen MR) is 130 cm³/mol. The standard InChI is InChI=1S/C24H22ClN5OS/c1-15-12-17(3)22(19(25)13-15)27-21(31)14-32-24-29-28-23(18-8-10-26-11-9-18)30(24)20-7-5-4-6-16(20)2/h4-13H,14H2,1-3H3,(H,27,31). The minimum absolute atomic E-state index is 0.159. The molecular weight excluding hydrogens is 442 g/mol. The summed E-state index contributed by atoms with van der Waals surface area (Å²) < 4.78 is 1.98. The van der Waals surface area contributed by atoms with Crippen LogP contribution >= 0.6 is 23.4 Å². The lowest BCUT2D eigenvalue weighted by atomic mass is 10.1. The molecule has 2 aromatic carbocycles. The first kappa shape index (κ1) is 22.0. The van der Waals surface area contributed by atoms with Gasteiger partial charge in [-0.2, -0.15) is 0 Å². The smallest absolute Gasteiger partial charge is 0.234 e. The molecule has 0 atom stereocenters. The minimum atomic E-state index is -0.159. The molecule has 0 unspecified atom stereocenters. The number of hydrogen-bond donors (Lipinski definition) is 1. The number of nitrogens with zero attached hydrogens (tertiary/aromatic N) is 4. The SMILES string of the molecule is Cc1cc(C)c(NC(=O)CSc2nnc(-c3ccncc3)n2-c2ccccc2C)c(Cl)c1. The minimum Gasteiger partial charge on any atom is -0.324 e. The molecule has 2 aromatic heterocycles. The van der Waals surface area contributed by atoms with Gasteiger partial charge in [-0.3, -0.25) is 14.3 Å². The molecule has 0 aliphatic heterocycles. The molecule has 0 aliphatic carbocycles. The van der Waals surface area contributed by atoms with Crippen molar-refractivity contribution in [3.05, 3.63) is 82.6 Å². The maximum Gasteiger partial charge on any atom is 0.234 e. The highest BCUT2D eigenvalue weighted by molar-refractivity contribution is 7.99. The van der Waals surface area contributed by atoms with Crippen molar-refractivity contribution < 1.29 is 4.79 Å². The molecule has 0 spiro atoms. The summed E-state index contributed by atoms with van der Waals surface area (Å²) in [5.74, 6) is 0.708. The lowest BCUT2D eigenvalue weighted by molar-refractivity contribution is -0.113. The van der Waals surface area contributed by atoms with E-state index in [2.05, 4.69) is 20.5 Å². The fourth-order valence-electron chi connectivity index (χ4n) is 3.46. The van der Waals surface area contributed by atoms with Gasteiger partial charge in [0.1, 0.15) is 0 Å². The van der Waals surface area contributed by atoms with Gasteiger partial charge in [0.25, 0.3) is 0 Å². The molecule has 0 saturated heterocycles. The Labute approximate surface area is 196 Å². The molecule has 0 fully saturated rings. The zero-order valence-electron chi connectivity index (χ0n) is 18.0. The normalized spacial score (nSPS) is 10.9. The molecular formula is C24H22ClN5OS. The summed E-state index contributed by atoms with van der Waals surface area (Å²) in [5.41, 5.74) is 5.56. The lowest BCUT2D eigenvalue weighted by Gasteiger charge is -2.13. The van der Waals surface area contributed by atoms with E-state index in [1.807, 2.05) is 73.9 Å². The molecule has 4 rings (SSSR count). The van der Waals surface area contributed by atoms with E-state index >= 15 is 0 Å². The van der Waals surface area contributed by atoms with E-state index in [9.17, 15) is 4.79 Å². The summed E-state index contributed by atoms with van der Waals surface area (Å²) in [6, 6.07) is 15.6. The van der Waals surface area contributed by atoms with E-state index in [1.54, 1.807) is 12.4 Å². The Hall–Kier alpha value is -3.16. The first-order chi connectivity index (χ1) is 15.4. The Bertz CT molecular complexity index is 1250. The van der Waals surface area contributed by atoms with E-state index in [1.165, 1.54) is 11.8 Å². The van der Waals surface area contributed by atoms with Gasteiger partial charge in [-0.25, -0.2) is 0 Å². The number of hydrogen-bond acceptors (Lipinski definition) is 5. The Morgan fingerprint density at radius 3 is 2.50 bits per heavy atom. The number of halogens is 1. The third-order valence-corrected chi connectivity index (χ3v) is 6.18. The van der Waals surface area contributed by atoms with Crippen molar-refractivity contribution >= 4 is 35.0 Å². The molecule has 6 nitrogen and oxygen atoms in total. The molecule has 0 bridgehead atoms. The Kier molecular flexibility index (Phi) is 6.58. The first-order valence-electron chi connectivity index (χ1n) is 10.0. The second kappa shape index (κ2) is 9.54. The third kappa shape index (κ3) is 4.69. The molecule has 0 aliphatic rings. The van der Waals surface area contributed by atoms with Crippen molar-refractivity contribution in [2.45, 2.75) is 25.9 Å². The quantitative estimate of drug-likeness (QED) is 0.374. The fraction of sp³-hybridized carbons (Fsp3) is 0.167. The van der Waals surface area contributed by atoms with Crippen molar-refractivity contribution in [3.8, 4) is 17.1 Å². The lowest BCUT2D eigenvalue weighted by Crippen LogP contribution is -2.16. The van der Waals surface area contributed by atoms with Gasteiger partial charge in [0.05, 0.1) is 22.2 Å². The van der Waals surface area contributed by atoms with Crippen LogP contribution in [0, 0.1) is 20.8 Å². The number of nitrogens with one attached hydrogen (secondary N) is 1. The highest BCUT2D eigenvalue weighted by Gasteiger charge is 2.19. The largest absolute Gasteiger partial charge is 0.324 e. The molecule has 1 N–H and O–H groups in total. The van der Waals surface area contributed by atoms with E-state index in [0.29, 0.717) is 21.7 Å². The van der Waals surface area contributed by atoms with Crippen LogP contribution in [0.3, 0.4) is 0 Å². The summed E-state index contributed by atoms with van der Waals surface area (Å²) in [6.07, 6.45) is 3.44. The number of thioether (sulfide) groups is 1. The fourth-order valence-corrected chi connectivity index (χ4v) is 4.58. The summed E-state index contributed by atoms with van der Waals surface area (Å²) in [5, 5.41) is 12.9. The third-order valence-electron chi connectivity index (χ3n) is 4.96. The summed E-state index contributed by atoms with van der Waals surface area (Å²) in [6.45, 7) is 5.94. The van der Waals surface area contributed by atoms with Gasteiger partial charge in [0, 0.05) is 18.0 Å². The van der Waals surface area contributed by atoms with Crippen LogP contribution in [0.4, 0.5) is 5.69 Å². The summed E-state index contributed by atoms with van der Waals surface area (Å²) in [7, 11) is 0. The van der Waals surface area contributed by atoms with E-state index < -0.39 is 0 Å². The Morgan fingerprint density at radius 1 is 1.03 bits per heavy atom. The van der Waals surface area contributed by atoms with Gasteiger partial charge in [-0.1, -0.05) is 47.6 Å². The zero-order valence-corrected chi connectivity index (χ0v) is 19.5. The molecule has 4 aromatic rings. The summed E-state index contributed by atoms with van der Waals surface area (Å²) >= 11 is 7.66. The van der Waals surface area contributed by atoms with E-state index in [-0.39, 0.29) is 11.7 Å². The molecule has 0 saturated carbocycles. The molecule has 2 heterocycles. The topological polar surface area (TPSA) is 72.7 Å². The van der Waals surface area contributed by atoms with Crippen LogP contribution in [-0.4, -0.2) is 31.4 Å². The van der Waals surface area contributed by atoms with Crippen molar-refractivity contribution in [1.82, 2.24) is 19.7 Å². The number of rotatable bonds is 6. The molecule has 162 valence electrons. The van der Waals surface area contributed by atoms with Gasteiger partial charge in [-0.15, -0.1) is 10.2 Å². The Balaban J connectivity index is 1.61. The van der Waals surface area contributed by atoms with Crippen molar-refractivity contribution in [2.75, 3.05) is 11.1 Å². The van der Waals surface area contributed by atoms with Crippen LogP contribution in [0.15, 0.2) is 66.1 Å². The van der Waals surface area contributed by atoms with Crippen LogP contribution in [0.25, 0.3) is 17.1 Å². The van der Waals surface area contributed by atoms with Crippen molar-refractivity contribution in [2.24, 2.45) is 0 Å². The maximum absolute atomic E-state index is 12.7. The number of benzene rings is 2. The van der Waals surface area contributed by atoms with Gasteiger partial charge < -0.3 is 5.32 Å². The van der Waals surface area contributed by atoms with Gasteiger partial charge in [0.15, 0.2) is 11.0 Å². The highest BCUT2D eigenvalue weighted by atomic mass is 35.5. The number of pyridine rings is 1. The number of amides is 1. The van der Waals surface area contributed by atoms with Crippen LogP contribution in [0.1, 0.15) is 16.7 Å². The maximum atomic E-state index is 12.7. The van der Waals surface area contributed by atoms with Gasteiger partial charge in [0.2, 0.25) is 5.91 Å². The van der Waals surface area contributed by atoms with Crippen LogP contribution in [-0.2, 0) is 4.79 Å². The highest BCUT2D eigenvalue weighted by Crippen LogP contribution is 2.30. The molecule has 32 heavy (non-hydrogen) atoms. The second-order valence-electron chi connectivity index (χ2n) is 7.44. The number of aryl methyl sites for hydroxylation is 3. The van der Waals surface area contributed by atoms with Crippen LogP contribution < -0.4 is 5.32 Å². The first-order valence-corrected chi connectivity index (χ1v) is 11.4. The van der Waals surface area contributed by atoms with Crippen molar-refractivity contribution in [3.63, 3.8) is 0 Å². The van der Waals surface area contributed by atoms with Crippen LogP contribution in [0.5, 0.6) is 0 Å². The molecule has 1 amide bonds. The van der Waals surface area contributed by atoms with E-state index in [4.69, 9.17) is 11.6 Å². The number of aromatic nitrogens is 4. The van der Waals surface area contributed by atoms with Crippen molar-refractivity contribution in [1.29, 1.82) is 0 Å². The number of para-hydroxylation sites is 1. The van der Waals surface area contributed by atoms with Crippen LogP contribution in [0.2, 0.25) is 5.02 Å². The predicted octanol–water partition coefficient (Wildman–Crippen LogP) is 5.64. The average Bonchev–Trinajstić information content (AvgIpc) is 3.19.